The fourth-order valence-corrected chi connectivity index (χ4v) is 7.40. The van der Waals surface area contributed by atoms with Crippen molar-refractivity contribution < 1.29 is 9.59 Å². The molecule has 3 heterocycles. The highest BCUT2D eigenvalue weighted by molar-refractivity contribution is 7.14. The van der Waals surface area contributed by atoms with Crippen LogP contribution in [0.2, 0.25) is 10.0 Å². The Balaban J connectivity index is 1.26. The van der Waals surface area contributed by atoms with Crippen molar-refractivity contribution in [1.82, 2.24) is 19.4 Å². The van der Waals surface area contributed by atoms with E-state index in [-0.39, 0.29) is 39.9 Å². The maximum absolute atomic E-state index is 13.2. The van der Waals surface area contributed by atoms with Gasteiger partial charge in [0.05, 0.1) is 26.3 Å². The molecule has 0 radical (unpaired) electrons. The van der Waals surface area contributed by atoms with Gasteiger partial charge < -0.3 is 20.1 Å². The first kappa shape index (κ1) is 30.3. The molecule has 1 fully saturated rings. The molecule has 1 aliphatic carbocycles. The molecule has 2 N–H and O–H groups in total. The number of likely N-dealkylation sites (N-methyl/N-ethyl adjacent to an activating group) is 2. The molecule has 9 nitrogen and oxygen atoms in total. The molecule has 1 atom stereocenters. The van der Waals surface area contributed by atoms with Crippen molar-refractivity contribution in [1.29, 1.82) is 0 Å². The largest absolute Gasteiger partial charge is 0.343 e. The quantitative estimate of drug-likeness (QED) is 0.260. The van der Waals surface area contributed by atoms with Gasteiger partial charge in [-0.1, -0.05) is 35.3 Å². The summed E-state index contributed by atoms with van der Waals surface area (Å²) in [6.07, 6.45) is 5.85. The molecule has 2 amide bonds. The summed E-state index contributed by atoms with van der Waals surface area (Å²) in [5.74, 6) is -0.117. The van der Waals surface area contributed by atoms with Gasteiger partial charge >= 0.3 is 0 Å². The van der Waals surface area contributed by atoms with Gasteiger partial charge in [0.15, 0.2) is 5.82 Å². The van der Waals surface area contributed by atoms with Crippen LogP contribution in [0.4, 0.5) is 17.2 Å². The minimum absolute atomic E-state index is 0.0487. The fourth-order valence-electron chi connectivity index (χ4n) is 5.69. The lowest BCUT2D eigenvalue weighted by atomic mass is 9.99. The molecule has 4 aromatic rings. The lowest BCUT2D eigenvalue weighted by molar-refractivity contribution is -0.139. The van der Waals surface area contributed by atoms with Crippen molar-refractivity contribution in [3.05, 3.63) is 89.9 Å². The number of halogens is 2. The normalized spacial score (nSPS) is 17.0. The van der Waals surface area contributed by atoms with E-state index in [2.05, 4.69) is 15.6 Å². The average Bonchev–Trinajstić information content (AvgIpc) is 3.45. The van der Waals surface area contributed by atoms with Crippen LogP contribution < -0.4 is 16.2 Å². The summed E-state index contributed by atoms with van der Waals surface area (Å²) in [6, 6.07) is 12.4. The van der Waals surface area contributed by atoms with Crippen molar-refractivity contribution in [2.45, 2.75) is 31.7 Å². The predicted molar refractivity (Wildman–Crippen MR) is 177 cm³/mol. The van der Waals surface area contributed by atoms with Crippen molar-refractivity contribution >= 4 is 63.5 Å². The van der Waals surface area contributed by atoms with Crippen LogP contribution in [0.3, 0.4) is 0 Å². The van der Waals surface area contributed by atoms with E-state index in [1.54, 1.807) is 30.3 Å². The maximum atomic E-state index is 13.2. The maximum Gasteiger partial charge on any atom is 0.293 e. The van der Waals surface area contributed by atoms with Crippen molar-refractivity contribution in [3.63, 3.8) is 0 Å². The Morgan fingerprint density at radius 3 is 2.50 bits per heavy atom. The van der Waals surface area contributed by atoms with Gasteiger partial charge in [-0.05, 0) is 74.2 Å². The van der Waals surface area contributed by atoms with Crippen molar-refractivity contribution in [2.75, 3.05) is 37.8 Å². The standard InChI is InChI=1S/C32H32Cl2N6O3S/c1-38-14-15-39(2)31(42)28(38)18-8-10-20(11-9-18)35-29-32(43)40(3)17-23(36-29)21-12-13-22(33)27(26(21)34)37-30(41)25-16-19-6-4-5-7-24(19)44-25/h8-13,16-17,28H,4-7,14-15H2,1-3H3,(H,35,36)(H,37,41). The number of benzene rings is 2. The van der Waals surface area contributed by atoms with E-state index in [0.29, 0.717) is 33.4 Å². The van der Waals surface area contributed by atoms with Gasteiger partial charge in [0, 0.05) is 49.5 Å². The number of nitrogens with zero attached hydrogens (tertiary/aromatic N) is 4. The van der Waals surface area contributed by atoms with Crippen LogP contribution in [0.25, 0.3) is 11.3 Å². The number of rotatable bonds is 6. The molecule has 44 heavy (non-hydrogen) atoms. The number of hydrogen-bond acceptors (Lipinski definition) is 7. The third kappa shape index (κ3) is 5.87. The molecule has 0 saturated carbocycles. The first-order valence-electron chi connectivity index (χ1n) is 14.4. The fraction of sp³-hybridized carbons (Fsp3) is 0.312. The lowest BCUT2D eigenvalue weighted by Crippen LogP contribution is -2.48. The van der Waals surface area contributed by atoms with E-state index in [1.165, 1.54) is 26.3 Å². The number of anilines is 3. The van der Waals surface area contributed by atoms with Crippen molar-refractivity contribution in [3.8, 4) is 11.3 Å². The zero-order chi connectivity index (χ0) is 31.1. The number of aromatic nitrogens is 2. The summed E-state index contributed by atoms with van der Waals surface area (Å²) in [4.78, 5) is 49.3. The Labute approximate surface area is 269 Å². The Morgan fingerprint density at radius 2 is 1.75 bits per heavy atom. The minimum atomic E-state index is -0.357. The lowest BCUT2D eigenvalue weighted by Gasteiger charge is -2.37. The zero-order valence-corrected chi connectivity index (χ0v) is 26.9. The Hall–Kier alpha value is -3.70. The Bertz CT molecular complexity index is 1800. The van der Waals surface area contributed by atoms with Crippen LogP contribution in [0.15, 0.2) is 53.5 Å². The molecule has 228 valence electrons. The van der Waals surface area contributed by atoms with Gasteiger partial charge in [-0.3, -0.25) is 19.3 Å². The Kier molecular flexibility index (Phi) is 8.52. The van der Waals surface area contributed by atoms with E-state index < -0.39 is 0 Å². The summed E-state index contributed by atoms with van der Waals surface area (Å²) in [5.41, 5.74) is 3.64. The molecule has 6 rings (SSSR count). The third-order valence-corrected chi connectivity index (χ3v) is 10.2. The summed E-state index contributed by atoms with van der Waals surface area (Å²) in [7, 11) is 5.38. The predicted octanol–water partition coefficient (Wildman–Crippen LogP) is 6.14. The molecule has 0 bridgehead atoms. The summed E-state index contributed by atoms with van der Waals surface area (Å²) in [6.45, 7) is 1.48. The molecule has 1 unspecified atom stereocenters. The van der Waals surface area contributed by atoms with Crippen LogP contribution in [0.1, 0.15) is 44.6 Å². The molecular formula is C32H32Cl2N6O3S. The monoisotopic (exact) mass is 650 g/mol. The smallest absolute Gasteiger partial charge is 0.293 e. The second kappa shape index (κ2) is 12.4. The highest BCUT2D eigenvalue weighted by Gasteiger charge is 2.32. The van der Waals surface area contributed by atoms with Crippen LogP contribution in [0, 0.1) is 0 Å². The topological polar surface area (TPSA) is 99.6 Å². The number of hydrogen-bond donors (Lipinski definition) is 2. The van der Waals surface area contributed by atoms with Gasteiger partial charge in [0.25, 0.3) is 11.5 Å². The number of nitrogens with one attached hydrogen (secondary N) is 2. The van der Waals surface area contributed by atoms with Crippen LogP contribution in [-0.4, -0.2) is 58.4 Å². The molecular weight excluding hydrogens is 619 g/mol. The number of piperazine rings is 1. The highest BCUT2D eigenvalue weighted by atomic mass is 35.5. The molecule has 0 spiro atoms. The van der Waals surface area contributed by atoms with Gasteiger partial charge in [-0.15, -0.1) is 11.3 Å². The van der Waals surface area contributed by atoms with Gasteiger partial charge in [-0.25, -0.2) is 4.98 Å². The molecule has 2 aromatic carbocycles. The van der Waals surface area contributed by atoms with Crippen molar-refractivity contribution in [2.24, 2.45) is 7.05 Å². The van der Waals surface area contributed by atoms with E-state index in [0.717, 1.165) is 37.8 Å². The zero-order valence-electron chi connectivity index (χ0n) is 24.6. The second-order valence-electron chi connectivity index (χ2n) is 11.3. The second-order valence-corrected chi connectivity index (χ2v) is 13.2. The van der Waals surface area contributed by atoms with Crippen LogP contribution >= 0.6 is 34.5 Å². The first-order valence-corrected chi connectivity index (χ1v) is 16.0. The molecule has 12 heteroatoms. The number of carbonyl (C=O) groups is 2. The highest BCUT2D eigenvalue weighted by Crippen LogP contribution is 2.39. The van der Waals surface area contributed by atoms with E-state index >= 15 is 0 Å². The van der Waals surface area contributed by atoms with E-state index in [9.17, 15) is 14.4 Å². The third-order valence-electron chi connectivity index (χ3n) is 8.23. The summed E-state index contributed by atoms with van der Waals surface area (Å²) < 4.78 is 1.42. The molecule has 2 aliphatic rings. The molecule has 2 aromatic heterocycles. The number of aryl methyl sites for hydroxylation is 3. The number of amides is 2. The van der Waals surface area contributed by atoms with E-state index in [4.69, 9.17) is 23.2 Å². The van der Waals surface area contributed by atoms with Gasteiger partial charge in [-0.2, -0.15) is 0 Å². The van der Waals surface area contributed by atoms with Gasteiger partial charge in [0.1, 0.15) is 6.04 Å². The summed E-state index contributed by atoms with van der Waals surface area (Å²) in [5, 5.41) is 6.54. The SMILES string of the molecule is CN1CCN(C)C(c2ccc(Nc3nc(-c4ccc(Cl)c(NC(=O)c5cc6c(s5)CCCC6)c4Cl)cn(C)c3=O)cc2)C1=O. The summed E-state index contributed by atoms with van der Waals surface area (Å²) >= 11 is 14.8. The molecule has 1 saturated heterocycles. The number of thiophene rings is 1. The minimum Gasteiger partial charge on any atom is -0.343 e. The van der Waals surface area contributed by atoms with Crippen LogP contribution in [-0.2, 0) is 24.7 Å². The van der Waals surface area contributed by atoms with Gasteiger partial charge in [0.2, 0.25) is 5.91 Å². The number of fused-ring (bicyclic) bond motifs is 1. The average molecular weight is 652 g/mol. The Morgan fingerprint density at radius 1 is 1.00 bits per heavy atom. The molecule has 1 aliphatic heterocycles. The first-order chi connectivity index (χ1) is 21.1. The number of carbonyl (C=O) groups excluding carboxylic acids is 2. The van der Waals surface area contributed by atoms with E-state index in [1.807, 2.05) is 49.3 Å². The van der Waals surface area contributed by atoms with Crippen LogP contribution in [0.5, 0.6) is 0 Å².